The number of hydrogen-bond acceptors (Lipinski definition) is 3. The molecular formula is C16H17N3O2. The minimum absolute atomic E-state index is 0.0846. The summed E-state index contributed by atoms with van der Waals surface area (Å²) >= 11 is 0. The number of carbonyl (C=O) groups is 1. The van der Waals surface area contributed by atoms with E-state index in [1.807, 2.05) is 28.8 Å². The van der Waals surface area contributed by atoms with E-state index < -0.39 is 0 Å². The molecular weight excluding hydrogens is 266 g/mol. The average molecular weight is 283 g/mol. The van der Waals surface area contributed by atoms with Crippen LogP contribution in [0.25, 0.3) is 5.69 Å². The van der Waals surface area contributed by atoms with Crippen molar-refractivity contribution in [3.8, 4) is 11.4 Å². The van der Waals surface area contributed by atoms with Gasteiger partial charge < -0.3 is 10.1 Å². The summed E-state index contributed by atoms with van der Waals surface area (Å²) < 4.78 is 7.68. The maximum atomic E-state index is 12.4. The molecule has 21 heavy (non-hydrogen) atoms. The van der Waals surface area contributed by atoms with Crippen molar-refractivity contribution < 1.29 is 9.53 Å². The fourth-order valence-electron chi connectivity index (χ4n) is 3.16. The molecule has 1 saturated carbocycles. The minimum Gasteiger partial charge on any atom is -0.485 e. The standard InChI is InChI=1S/C16H17N3O2/c20-16(18-11-5-1-2-6-11)15-13-9-21-14-8-4-3-7-12(14)19(13)10-17-15/h3-4,7-8,10-11H,1-2,5-6,9H2,(H,18,20). The Bertz CT molecular complexity index is 687. The van der Waals surface area contributed by atoms with E-state index in [2.05, 4.69) is 10.3 Å². The number of aromatic nitrogens is 2. The maximum Gasteiger partial charge on any atom is 0.272 e. The van der Waals surface area contributed by atoms with Crippen LogP contribution in [0.15, 0.2) is 30.6 Å². The number of rotatable bonds is 2. The van der Waals surface area contributed by atoms with Crippen LogP contribution in [0.4, 0.5) is 0 Å². The Morgan fingerprint density at radius 1 is 1.29 bits per heavy atom. The van der Waals surface area contributed by atoms with E-state index in [0.717, 1.165) is 30.0 Å². The molecule has 0 bridgehead atoms. The second kappa shape index (κ2) is 4.91. The molecule has 1 aromatic carbocycles. The lowest BCUT2D eigenvalue weighted by Crippen LogP contribution is -2.33. The minimum atomic E-state index is -0.0846. The molecule has 1 aromatic heterocycles. The van der Waals surface area contributed by atoms with Crippen LogP contribution in [0, 0.1) is 0 Å². The number of para-hydroxylation sites is 2. The topological polar surface area (TPSA) is 56.2 Å². The van der Waals surface area contributed by atoms with Crippen LogP contribution in [-0.4, -0.2) is 21.5 Å². The third-order valence-electron chi connectivity index (χ3n) is 4.26. The molecule has 5 heteroatoms. The number of hydrogen-bond donors (Lipinski definition) is 1. The third kappa shape index (κ3) is 2.09. The lowest BCUT2D eigenvalue weighted by atomic mass is 10.2. The molecule has 0 radical (unpaired) electrons. The molecule has 1 aliphatic carbocycles. The second-order valence-electron chi connectivity index (χ2n) is 5.62. The van der Waals surface area contributed by atoms with E-state index in [9.17, 15) is 4.79 Å². The molecule has 2 aromatic rings. The van der Waals surface area contributed by atoms with Crippen LogP contribution in [0.5, 0.6) is 5.75 Å². The van der Waals surface area contributed by atoms with Gasteiger partial charge in [-0.2, -0.15) is 0 Å². The fraction of sp³-hybridized carbons (Fsp3) is 0.375. The Morgan fingerprint density at radius 3 is 2.95 bits per heavy atom. The van der Waals surface area contributed by atoms with Crippen molar-refractivity contribution >= 4 is 5.91 Å². The fourth-order valence-corrected chi connectivity index (χ4v) is 3.16. The second-order valence-corrected chi connectivity index (χ2v) is 5.62. The molecule has 108 valence electrons. The zero-order chi connectivity index (χ0) is 14.2. The Labute approximate surface area is 122 Å². The lowest BCUT2D eigenvalue weighted by molar-refractivity contribution is 0.0930. The molecule has 0 atom stereocenters. The van der Waals surface area contributed by atoms with Gasteiger partial charge in [-0.25, -0.2) is 4.98 Å². The van der Waals surface area contributed by atoms with E-state index in [1.165, 1.54) is 12.8 Å². The Kier molecular flexibility index (Phi) is 2.91. The lowest BCUT2D eigenvalue weighted by Gasteiger charge is -2.20. The summed E-state index contributed by atoms with van der Waals surface area (Å²) in [6.45, 7) is 0.379. The van der Waals surface area contributed by atoms with Crippen LogP contribution in [-0.2, 0) is 6.61 Å². The smallest absolute Gasteiger partial charge is 0.272 e. The van der Waals surface area contributed by atoms with Gasteiger partial charge in [-0.3, -0.25) is 9.36 Å². The summed E-state index contributed by atoms with van der Waals surface area (Å²) in [6.07, 6.45) is 6.24. The number of nitrogens with zero attached hydrogens (tertiary/aromatic N) is 2. The number of fused-ring (bicyclic) bond motifs is 3. The highest BCUT2D eigenvalue weighted by atomic mass is 16.5. The van der Waals surface area contributed by atoms with Crippen molar-refractivity contribution in [2.45, 2.75) is 38.3 Å². The number of ether oxygens (including phenoxy) is 1. The summed E-state index contributed by atoms with van der Waals surface area (Å²) in [5.74, 6) is 0.740. The van der Waals surface area contributed by atoms with Gasteiger partial charge in [0.05, 0.1) is 11.4 Å². The quantitative estimate of drug-likeness (QED) is 0.921. The third-order valence-corrected chi connectivity index (χ3v) is 4.26. The zero-order valence-electron chi connectivity index (χ0n) is 11.7. The molecule has 0 unspecified atom stereocenters. The first-order valence-electron chi connectivity index (χ1n) is 7.42. The SMILES string of the molecule is O=C(NC1CCCC1)c1ncn2c1COc1ccccc1-2. The van der Waals surface area contributed by atoms with Crippen molar-refractivity contribution in [2.75, 3.05) is 0 Å². The van der Waals surface area contributed by atoms with Crippen molar-refractivity contribution in [3.05, 3.63) is 42.0 Å². The molecule has 1 aliphatic heterocycles. The normalized spacial score (nSPS) is 17.0. The molecule has 1 amide bonds. The summed E-state index contributed by atoms with van der Waals surface area (Å²) in [5, 5.41) is 3.09. The summed E-state index contributed by atoms with van der Waals surface area (Å²) in [7, 11) is 0. The molecule has 1 N–H and O–H groups in total. The summed E-state index contributed by atoms with van der Waals surface area (Å²) in [6, 6.07) is 8.09. The zero-order valence-corrected chi connectivity index (χ0v) is 11.7. The van der Waals surface area contributed by atoms with Crippen LogP contribution < -0.4 is 10.1 Å². The predicted octanol–water partition coefficient (Wildman–Crippen LogP) is 2.44. The molecule has 5 nitrogen and oxygen atoms in total. The highest BCUT2D eigenvalue weighted by Gasteiger charge is 2.26. The van der Waals surface area contributed by atoms with Crippen LogP contribution in [0.3, 0.4) is 0 Å². The van der Waals surface area contributed by atoms with E-state index in [0.29, 0.717) is 18.3 Å². The first-order chi connectivity index (χ1) is 10.3. The highest BCUT2D eigenvalue weighted by Crippen LogP contribution is 2.30. The molecule has 2 aliphatic rings. The van der Waals surface area contributed by atoms with Crippen molar-refractivity contribution in [1.82, 2.24) is 14.9 Å². The summed E-state index contributed by atoms with van der Waals surface area (Å²) in [4.78, 5) is 16.7. The van der Waals surface area contributed by atoms with Gasteiger partial charge in [-0.1, -0.05) is 25.0 Å². The van der Waals surface area contributed by atoms with Crippen LogP contribution in [0.2, 0.25) is 0 Å². The van der Waals surface area contributed by atoms with Crippen molar-refractivity contribution in [2.24, 2.45) is 0 Å². The molecule has 2 heterocycles. The molecule has 0 saturated heterocycles. The van der Waals surface area contributed by atoms with Gasteiger partial charge in [0.1, 0.15) is 18.7 Å². The molecule has 1 fully saturated rings. The van der Waals surface area contributed by atoms with Crippen LogP contribution >= 0.6 is 0 Å². The van der Waals surface area contributed by atoms with Crippen molar-refractivity contribution in [3.63, 3.8) is 0 Å². The van der Waals surface area contributed by atoms with E-state index in [1.54, 1.807) is 6.33 Å². The average Bonchev–Trinajstić information content (AvgIpc) is 3.15. The molecule has 4 rings (SSSR count). The number of amides is 1. The van der Waals surface area contributed by atoms with Crippen LogP contribution in [0.1, 0.15) is 41.9 Å². The van der Waals surface area contributed by atoms with Gasteiger partial charge in [0.15, 0.2) is 5.69 Å². The Balaban J connectivity index is 1.64. The van der Waals surface area contributed by atoms with Gasteiger partial charge in [0, 0.05) is 6.04 Å². The maximum absolute atomic E-state index is 12.4. The Morgan fingerprint density at radius 2 is 2.10 bits per heavy atom. The number of nitrogens with one attached hydrogen (secondary N) is 1. The monoisotopic (exact) mass is 283 g/mol. The van der Waals surface area contributed by atoms with Gasteiger partial charge in [0.2, 0.25) is 0 Å². The van der Waals surface area contributed by atoms with E-state index in [-0.39, 0.29) is 5.91 Å². The number of carbonyl (C=O) groups excluding carboxylic acids is 1. The summed E-state index contributed by atoms with van der Waals surface area (Å²) in [5.41, 5.74) is 2.24. The van der Waals surface area contributed by atoms with Gasteiger partial charge in [0.25, 0.3) is 5.91 Å². The first-order valence-corrected chi connectivity index (χ1v) is 7.42. The number of imidazole rings is 1. The number of benzene rings is 1. The molecule has 0 spiro atoms. The predicted molar refractivity (Wildman–Crippen MR) is 77.6 cm³/mol. The Hall–Kier alpha value is -2.30. The highest BCUT2D eigenvalue weighted by molar-refractivity contribution is 5.94. The van der Waals surface area contributed by atoms with E-state index >= 15 is 0 Å². The van der Waals surface area contributed by atoms with E-state index in [4.69, 9.17) is 4.74 Å². The largest absolute Gasteiger partial charge is 0.485 e. The van der Waals surface area contributed by atoms with Crippen molar-refractivity contribution in [1.29, 1.82) is 0 Å². The van der Waals surface area contributed by atoms with Gasteiger partial charge >= 0.3 is 0 Å². The van der Waals surface area contributed by atoms with Gasteiger partial charge in [-0.05, 0) is 25.0 Å². The van der Waals surface area contributed by atoms with Gasteiger partial charge in [-0.15, -0.1) is 0 Å². The first kappa shape index (κ1) is 12.4.